The lowest BCUT2D eigenvalue weighted by Gasteiger charge is -2.36. The normalized spacial score (nSPS) is 17.4. The van der Waals surface area contributed by atoms with Gasteiger partial charge >= 0.3 is 5.97 Å². The van der Waals surface area contributed by atoms with Crippen LogP contribution in [0.1, 0.15) is 59.3 Å². The molecule has 0 amide bonds. The number of anilines is 1. The molecule has 1 fully saturated rings. The number of carboxylic acid groups (broad SMARTS) is 1. The summed E-state index contributed by atoms with van der Waals surface area (Å²) in [6, 6.07) is 7.93. The number of ether oxygens (including phenoxy) is 1. The number of carbonyl (C=O) groups is 1. The zero-order valence-corrected chi connectivity index (χ0v) is 21.1. The van der Waals surface area contributed by atoms with Crippen LogP contribution >= 0.6 is 18.6 Å². The Balaban J connectivity index is 2.16. The van der Waals surface area contributed by atoms with Crippen molar-refractivity contribution in [1.82, 2.24) is 0 Å². The third-order valence-corrected chi connectivity index (χ3v) is 10.2. The van der Waals surface area contributed by atoms with Crippen molar-refractivity contribution in [3.63, 3.8) is 0 Å². The Morgan fingerprint density at radius 2 is 1.87 bits per heavy atom. The minimum Gasteiger partial charge on any atom is -0.477 e. The van der Waals surface area contributed by atoms with Crippen LogP contribution in [0.25, 0.3) is 0 Å². The van der Waals surface area contributed by atoms with E-state index in [1.807, 2.05) is 42.8 Å². The first-order valence-electron chi connectivity index (χ1n) is 10.8. The number of benzene rings is 1. The SMILES string of the molecule is Cc1ccc(P(C)(=O)N(CC2CCOCC2)c2cc(C(C)(C)C)sc2C(=O)O)c(C)c1. The zero-order chi connectivity index (χ0) is 23.0. The van der Waals surface area contributed by atoms with E-state index in [2.05, 4.69) is 20.8 Å². The third kappa shape index (κ3) is 5.24. The summed E-state index contributed by atoms with van der Waals surface area (Å²) in [4.78, 5) is 13.5. The second-order valence-electron chi connectivity index (χ2n) is 9.69. The lowest BCUT2D eigenvalue weighted by molar-refractivity contribution is 0.0685. The molecule has 0 saturated carbocycles. The zero-order valence-electron chi connectivity index (χ0n) is 19.4. The van der Waals surface area contributed by atoms with Crippen molar-refractivity contribution in [2.45, 2.75) is 52.9 Å². The number of hydrogen-bond acceptors (Lipinski definition) is 4. The van der Waals surface area contributed by atoms with Gasteiger partial charge in [-0.25, -0.2) is 4.79 Å². The van der Waals surface area contributed by atoms with E-state index in [0.29, 0.717) is 31.4 Å². The average molecular weight is 464 g/mol. The summed E-state index contributed by atoms with van der Waals surface area (Å²) in [7, 11) is -3.07. The summed E-state index contributed by atoms with van der Waals surface area (Å²) < 4.78 is 21.9. The van der Waals surface area contributed by atoms with Gasteiger partial charge in [0, 0.05) is 36.6 Å². The number of nitrogens with zero attached hydrogens (tertiary/aromatic N) is 1. The van der Waals surface area contributed by atoms with Crippen molar-refractivity contribution in [1.29, 1.82) is 0 Å². The molecule has 2 heterocycles. The van der Waals surface area contributed by atoms with Gasteiger partial charge in [0.1, 0.15) is 4.88 Å². The van der Waals surface area contributed by atoms with E-state index in [0.717, 1.165) is 34.2 Å². The highest BCUT2D eigenvalue weighted by Gasteiger charge is 2.36. The summed E-state index contributed by atoms with van der Waals surface area (Å²) in [5, 5.41) is 10.8. The molecule has 0 aliphatic carbocycles. The van der Waals surface area contributed by atoms with Crippen LogP contribution in [-0.2, 0) is 14.7 Å². The second kappa shape index (κ2) is 9.09. The van der Waals surface area contributed by atoms with Crippen LogP contribution < -0.4 is 9.97 Å². The lowest BCUT2D eigenvalue weighted by atomic mass is 9.94. The van der Waals surface area contributed by atoms with Crippen molar-refractivity contribution >= 4 is 35.6 Å². The molecule has 1 atom stereocenters. The quantitative estimate of drug-likeness (QED) is 0.546. The molecule has 170 valence electrons. The molecule has 7 heteroatoms. The lowest BCUT2D eigenvalue weighted by Crippen LogP contribution is -2.34. The van der Waals surface area contributed by atoms with Crippen LogP contribution in [0, 0.1) is 19.8 Å². The number of thiophene rings is 1. The van der Waals surface area contributed by atoms with E-state index in [1.54, 1.807) is 6.66 Å². The van der Waals surface area contributed by atoms with Gasteiger partial charge in [-0.2, -0.15) is 0 Å². The van der Waals surface area contributed by atoms with Gasteiger partial charge in [0.15, 0.2) is 7.29 Å². The van der Waals surface area contributed by atoms with Gasteiger partial charge in [-0.05, 0) is 55.7 Å². The van der Waals surface area contributed by atoms with Crippen molar-refractivity contribution < 1.29 is 19.2 Å². The predicted molar refractivity (Wildman–Crippen MR) is 130 cm³/mol. The van der Waals surface area contributed by atoms with Crippen LogP contribution in [0.2, 0.25) is 0 Å². The average Bonchev–Trinajstić information content (AvgIpc) is 3.12. The summed E-state index contributed by atoms with van der Waals surface area (Å²) in [6.45, 7) is 14.0. The Bertz CT molecular complexity index is 1000. The molecule has 2 aromatic rings. The van der Waals surface area contributed by atoms with Gasteiger partial charge in [0.2, 0.25) is 0 Å². The van der Waals surface area contributed by atoms with Crippen LogP contribution in [-0.4, -0.2) is 37.5 Å². The summed E-state index contributed by atoms with van der Waals surface area (Å²) >= 11 is 1.30. The van der Waals surface area contributed by atoms with Crippen LogP contribution in [0.4, 0.5) is 5.69 Å². The number of carboxylic acids is 1. The third-order valence-electron chi connectivity index (χ3n) is 5.96. The highest BCUT2D eigenvalue weighted by molar-refractivity contribution is 7.72. The molecule has 1 N–H and O–H groups in total. The topological polar surface area (TPSA) is 66.8 Å². The maximum Gasteiger partial charge on any atom is 0.348 e. The van der Waals surface area contributed by atoms with Crippen molar-refractivity contribution in [2.75, 3.05) is 31.1 Å². The molecule has 3 rings (SSSR count). The molecule has 1 aromatic carbocycles. The van der Waals surface area contributed by atoms with E-state index in [9.17, 15) is 14.5 Å². The van der Waals surface area contributed by atoms with Crippen LogP contribution in [0.5, 0.6) is 0 Å². The Morgan fingerprint density at radius 3 is 2.42 bits per heavy atom. The minimum atomic E-state index is -3.07. The Morgan fingerprint density at radius 1 is 1.23 bits per heavy atom. The standard InChI is InChI=1S/C24H34NO4PS/c1-16-7-8-20(17(2)13-16)30(6,28)25(15-18-9-11-29-12-10-18)19-14-21(24(3,4)5)31-22(19)23(26)27/h7-8,13-14,18H,9-12,15H2,1-6H3,(H,26,27). The molecule has 1 aliphatic rings. The second-order valence-corrected chi connectivity index (χ2v) is 13.5. The Hall–Kier alpha value is -1.62. The molecular weight excluding hydrogens is 429 g/mol. The molecule has 0 radical (unpaired) electrons. The largest absolute Gasteiger partial charge is 0.477 e. The molecule has 1 aliphatic heterocycles. The van der Waals surface area contributed by atoms with Crippen molar-refractivity contribution in [2.24, 2.45) is 5.92 Å². The van der Waals surface area contributed by atoms with Crippen molar-refractivity contribution in [3.05, 3.63) is 45.1 Å². The van der Waals surface area contributed by atoms with Gasteiger partial charge in [-0.3, -0.25) is 4.57 Å². The van der Waals surface area contributed by atoms with Crippen LogP contribution in [0.15, 0.2) is 24.3 Å². The summed E-state index contributed by atoms with van der Waals surface area (Å²) in [6.07, 6.45) is 1.78. The first-order valence-corrected chi connectivity index (χ1v) is 13.7. The fourth-order valence-electron chi connectivity index (χ4n) is 4.13. The highest BCUT2D eigenvalue weighted by atomic mass is 32.1. The van der Waals surface area contributed by atoms with Crippen LogP contribution in [0.3, 0.4) is 0 Å². The van der Waals surface area contributed by atoms with Gasteiger partial charge in [0.05, 0.1) is 5.69 Å². The fraction of sp³-hybridized carbons (Fsp3) is 0.542. The molecule has 0 spiro atoms. The Labute approximate surface area is 189 Å². The van der Waals surface area contributed by atoms with E-state index in [4.69, 9.17) is 4.74 Å². The first kappa shape index (κ1) is 24.0. The predicted octanol–water partition coefficient (Wildman–Crippen LogP) is 5.83. The summed E-state index contributed by atoms with van der Waals surface area (Å²) in [5.41, 5.74) is 2.49. The molecule has 5 nitrogen and oxygen atoms in total. The van der Waals surface area contributed by atoms with Crippen molar-refractivity contribution in [3.8, 4) is 0 Å². The number of aryl methyl sites for hydroxylation is 2. The van der Waals surface area contributed by atoms with E-state index in [1.165, 1.54) is 11.3 Å². The summed E-state index contributed by atoms with van der Waals surface area (Å²) in [5.74, 6) is -0.652. The van der Waals surface area contributed by atoms with Gasteiger partial charge < -0.3 is 14.5 Å². The van der Waals surface area contributed by atoms with E-state index >= 15 is 0 Å². The smallest absolute Gasteiger partial charge is 0.348 e. The Kier molecular flexibility index (Phi) is 7.05. The highest BCUT2D eigenvalue weighted by Crippen LogP contribution is 2.52. The van der Waals surface area contributed by atoms with Gasteiger partial charge in [0.25, 0.3) is 0 Å². The van der Waals surface area contributed by atoms with Gasteiger partial charge in [-0.15, -0.1) is 11.3 Å². The molecule has 0 bridgehead atoms. The van der Waals surface area contributed by atoms with Gasteiger partial charge in [-0.1, -0.05) is 38.5 Å². The maximum absolute atomic E-state index is 14.5. The van der Waals surface area contributed by atoms with E-state index < -0.39 is 13.3 Å². The van der Waals surface area contributed by atoms with E-state index in [-0.39, 0.29) is 10.3 Å². The molecule has 1 unspecified atom stereocenters. The first-order chi connectivity index (χ1) is 14.4. The molecule has 31 heavy (non-hydrogen) atoms. The number of aromatic carboxylic acids is 1. The molecule has 1 aromatic heterocycles. The molecule has 1 saturated heterocycles. The fourth-order valence-corrected chi connectivity index (χ4v) is 7.70. The maximum atomic E-state index is 14.5. The minimum absolute atomic E-state index is 0.186. The monoisotopic (exact) mass is 463 g/mol. The molecular formula is C24H34NO4PS. The number of rotatable bonds is 6. The number of hydrogen-bond donors (Lipinski definition) is 1.